The molecule has 2 amide bonds. The molecule has 7 nitrogen and oxygen atoms in total. The number of hydrogen-bond acceptors (Lipinski definition) is 5. The lowest BCUT2D eigenvalue weighted by Gasteiger charge is -2.34. The number of amides is 2. The van der Waals surface area contributed by atoms with E-state index in [0.717, 1.165) is 18.4 Å². The number of nitrogens with zero attached hydrogens (tertiary/aromatic N) is 3. The SMILES string of the molecule is CC(=O)NC[C@]1(c2ccccc2)CC[C@@H](O)[C@H](N(C)C(=O)c2ccnnc2)CC1. The second-order valence-electron chi connectivity index (χ2n) is 7.82. The van der Waals surface area contributed by atoms with Gasteiger partial charge < -0.3 is 15.3 Å². The molecule has 1 saturated carbocycles. The van der Waals surface area contributed by atoms with E-state index in [0.29, 0.717) is 24.9 Å². The first kappa shape index (κ1) is 20.9. The molecule has 0 saturated heterocycles. The zero-order chi connectivity index (χ0) is 20.9. The van der Waals surface area contributed by atoms with Gasteiger partial charge in [-0.15, -0.1) is 0 Å². The highest BCUT2D eigenvalue weighted by atomic mass is 16.3. The molecule has 29 heavy (non-hydrogen) atoms. The molecule has 0 radical (unpaired) electrons. The van der Waals surface area contributed by atoms with E-state index in [2.05, 4.69) is 27.6 Å². The molecular formula is C22H28N4O3. The van der Waals surface area contributed by atoms with E-state index in [1.54, 1.807) is 18.0 Å². The van der Waals surface area contributed by atoms with Crippen LogP contribution in [0.5, 0.6) is 0 Å². The summed E-state index contributed by atoms with van der Waals surface area (Å²) >= 11 is 0. The quantitative estimate of drug-likeness (QED) is 0.753. The third-order valence-corrected chi connectivity index (χ3v) is 5.99. The second kappa shape index (κ2) is 9.13. The maximum atomic E-state index is 12.8. The van der Waals surface area contributed by atoms with Gasteiger partial charge in [0, 0.05) is 25.9 Å². The van der Waals surface area contributed by atoms with Crippen LogP contribution in [0.25, 0.3) is 0 Å². The van der Waals surface area contributed by atoms with Crippen LogP contribution >= 0.6 is 0 Å². The van der Waals surface area contributed by atoms with E-state index in [1.807, 2.05) is 18.2 Å². The minimum atomic E-state index is -0.637. The minimum absolute atomic E-state index is 0.0702. The molecule has 7 heteroatoms. The fraction of sp³-hybridized carbons (Fsp3) is 0.455. The van der Waals surface area contributed by atoms with E-state index in [1.165, 1.54) is 19.3 Å². The largest absolute Gasteiger partial charge is 0.391 e. The fourth-order valence-electron chi connectivity index (χ4n) is 4.23. The molecule has 0 aliphatic heterocycles. The number of aliphatic hydroxyl groups excluding tert-OH is 1. The van der Waals surface area contributed by atoms with Gasteiger partial charge in [-0.3, -0.25) is 9.59 Å². The number of hydrogen-bond donors (Lipinski definition) is 2. The average molecular weight is 396 g/mol. The van der Waals surface area contributed by atoms with Gasteiger partial charge in [0.05, 0.1) is 30.1 Å². The molecule has 1 aliphatic carbocycles. The summed E-state index contributed by atoms with van der Waals surface area (Å²) in [4.78, 5) is 26.1. The van der Waals surface area contributed by atoms with Gasteiger partial charge in [0.15, 0.2) is 0 Å². The molecule has 1 aromatic heterocycles. The number of rotatable bonds is 5. The van der Waals surface area contributed by atoms with E-state index in [-0.39, 0.29) is 23.3 Å². The summed E-state index contributed by atoms with van der Waals surface area (Å²) in [7, 11) is 1.72. The molecule has 0 bridgehead atoms. The van der Waals surface area contributed by atoms with Gasteiger partial charge in [0.25, 0.3) is 5.91 Å². The highest BCUT2D eigenvalue weighted by Crippen LogP contribution is 2.39. The van der Waals surface area contributed by atoms with E-state index in [4.69, 9.17) is 0 Å². The zero-order valence-corrected chi connectivity index (χ0v) is 16.9. The van der Waals surface area contributed by atoms with Crippen LogP contribution in [-0.2, 0) is 10.2 Å². The van der Waals surface area contributed by atoms with Crippen LogP contribution in [-0.4, -0.2) is 57.8 Å². The van der Waals surface area contributed by atoms with Crippen molar-refractivity contribution in [2.24, 2.45) is 0 Å². The molecular weight excluding hydrogens is 368 g/mol. The third-order valence-electron chi connectivity index (χ3n) is 5.99. The Hall–Kier alpha value is -2.80. The van der Waals surface area contributed by atoms with Gasteiger partial charge in [0.2, 0.25) is 5.91 Å². The maximum absolute atomic E-state index is 12.8. The van der Waals surface area contributed by atoms with Crippen LogP contribution in [0.1, 0.15) is 48.5 Å². The van der Waals surface area contributed by atoms with Crippen molar-refractivity contribution in [3.8, 4) is 0 Å². The zero-order valence-electron chi connectivity index (χ0n) is 16.9. The Morgan fingerprint density at radius 2 is 1.90 bits per heavy atom. The number of carbonyl (C=O) groups excluding carboxylic acids is 2. The van der Waals surface area contributed by atoms with Gasteiger partial charge in [-0.05, 0) is 37.3 Å². The highest BCUT2D eigenvalue weighted by Gasteiger charge is 2.40. The summed E-state index contributed by atoms with van der Waals surface area (Å²) in [6.45, 7) is 2.03. The van der Waals surface area contributed by atoms with E-state index < -0.39 is 6.10 Å². The lowest BCUT2D eigenvalue weighted by atomic mass is 9.74. The van der Waals surface area contributed by atoms with Crippen molar-refractivity contribution in [2.75, 3.05) is 13.6 Å². The van der Waals surface area contributed by atoms with Gasteiger partial charge in [-0.1, -0.05) is 30.3 Å². The lowest BCUT2D eigenvalue weighted by molar-refractivity contribution is -0.119. The monoisotopic (exact) mass is 396 g/mol. The Labute approximate surface area is 171 Å². The van der Waals surface area contributed by atoms with Crippen molar-refractivity contribution in [2.45, 2.75) is 50.2 Å². The van der Waals surface area contributed by atoms with Crippen molar-refractivity contribution < 1.29 is 14.7 Å². The van der Waals surface area contributed by atoms with Crippen LogP contribution in [0, 0.1) is 0 Å². The predicted molar refractivity (Wildman–Crippen MR) is 109 cm³/mol. The van der Waals surface area contributed by atoms with Gasteiger partial charge in [-0.2, -0.15) is 10.2 Å². The molecule has 2 N–H and O–H groups in total. The number of benzene rings is 1. The van der Waals surface area contributed by atoms with Crippen molar-refractivity contribution in [3.05, 3.63) is 59.9 Å². The Morgan fingerprint density at radius 3 is 2.55 bits per heavy atom. The molecule has 2 aromatic rings. The van der Waals surface area contributed by atoms with Crippen molar-refractivity contribution in [1.82, 2.24) is 20.4 Å². The van der Waals surface area contributed by atoms with Crippen LogP contribution in [0.15, 0.2) is 48.8 Å². The van der Waals surface area contributed by atoms with E-state index >= 15 is 0 Å². The van der Waals surface area contributed by atoms with Crippen molar-refractivity contribution in [1.29, 1.82) is 0 Å². The topological polar surface area (TPSA) is 95.4 Å². The Morgan fingerprint density at radius 1 is 1.17 bits per heavy atom. The molecule has 1 fully saturated rings. The molecule has 154 valence electrons. The van der Waals surface area contributed by atoms with Crippen LogP contribution in [0.3, 0.4) is 0 Å². The third kappa shape index (κ3) is 4.79. The summed E-state index contributed by atoms with van der Waals surface area (Å²) in [6.07, 6.45) is 4.95. The molecule has 3 atom stereocenters. The summed E-state index contributed by atoms with van der Waals surface area (Å²) in [5, 5.41) is 21.3. The molecule has 1 aliphatic rings. The number of likely N-dealkylation sites (N-methyl/N-ethyl adjacent to an activating group) is 1. The first-order valence-electron chi connectivity index (χ1n) is 9.95. The van der Waals surface area contributed by atoms with Crippen LogP contribution in [0.2, 0.25) is 0 Å². The van der Waals surface area contributed by atoms with Crippen molar-refractivity contribution >= 4 is 11.8 Å². The summed E-state index contributed by atoms with van der Waals surface area (Å²) < 4.78 is 0. The number of carbonyl (C=O) groups is 2. The molecule has 1 aromatic carbocycles. The van der Waals surface area contributed by atoms with Gasteiger partial charge >= 0.3 is 0 Å². The summed E-state index contributed by atoms with van der Waals surface area (Å²) in [5.74, 6) is -0.253. The van der Waals surface area contributed by atoms with Crippen LogP contribution in [0.4, 0.5) is 0 Å². The number of aliphatic hydroxyl groups is 1. The number of aromatic nitrogens is 2. The molecule has 0 unspecified atom stereocenters. The molecule has 3 rings (SSSR count). The second-order valence-corrected chi connectivity index (χ2v) is 7.82. The standard InChI is InChI=1S/C22H28N4O3/c1-16(27)23-15-22(18-6-4-3-5-7-18)11-8-19(20(28)9-12-22)26(2)21(29)17-10-13-24-25-14-17/h3-7,10,13-14,19-20,28H,8-9,11-12,15H2,1-2H3,(H,23,27)/t19-,20-,22-/m1/s1. The Bertz CT molecular complexity index is 830. The van der Waals surface area contributed by atoms with E-state index in [9.17, 15) is 14.7 Å². The molecule has 0 spiro atoms. The van der Waals surface area contributed by atoms with Gasteiger partial charge in [-0.25, -0.2) is 0 Å². The fourth-order valence-corrected chi connectivity index (χ4v) is 4.23. The maximum Gasteiger partial charge on any atom is 0.255 e. The average Bonchev–Trinajstić information content (AvgIpc) is 2.92. The first-order valence-corrected chi connectivity index (χ1v) is 9.95. The van der Waals surface area contributed by atoms with Crippen LogP contribution < -0.4 is 5.32 Å². The summed E-state index contributed by atoms with van der Waals surface area (Å²) in [5.41, 5.74) is 1.32. The normalized spacial score (nSPS) is 24.4. The first-order chi connectivity index (χ1) is 13.9. The van der Waals surface area contributed by atoms with Crippen molar-refractivity contribution in [3.63, 3.8) is 0 Å². The smallest absolute Gasteiger partial charge is 0.255 e. The highest BCUT2D eigenvalue weighted by molar-refractivity contribution is 5.93. The lowest BCUT2D eigenvalue weighted by Crippen LogP contribution is -2.44. The molecule has 1 heterocycles. The summed E-state index contributed by atoms with van der Waals surface area (Å²) in [6, 6.07) is 11.4. The number of nitrogens with one attached hydrogen (secondary N) is 1. The predicted octanol–water partition coefficient (Wildman–Crippen LogP) is 1.93. The van der Waals surface area contributed by atoms with Gasteiger partial charge in [0.1, 0.15) is 0 Å². The Balaban J connectivity index is 1.83. The minimum Gasteiger partial charge on any atom is -0.391 e. The Kier molecular flexibility index (Phi) is 6.59.